The van der Waals surface area contributed by atoms with E-state index in [0.29, 0.717) is 5.39 Å². The van der Waals surface area contributed by atoms with Gasteiger partial charge in [-0.05, 0) is 27.6 Å². The molecule has 132 valence electrons. The highest BCUT2D eigenvalue weighted by atomic mass is 19.3. The number of rotatable bonds is 2. The van der Waals surface area contributed by atoms with Crippen molar-refractivity contribution in [2.75, 3.05) is 0 Å². The lowest BCUT2D eigenvalue weighted by Gasteiger charge is -2.04. The van der Waals surface area contributed by atoms with Crippen LogP contribution in [0.15, 0.2) is 84.9 Å². The van der Waals surface area contributed by atoms with Gasteiger partial charge in [0.05, 0.1) is 0 Å². The molecule has 0 saturated heterocycles. The lowest BCUT2D eigenvalue weighted by Crippen LogP contribution is -1.85. The molecule has 0 bridgehead atoms. The first-order valence-corrected chi connectivity index (χ1v) is 8.09. The topological polar surface area (TPSA) is 0 Å². The molecule has 4 rings (SSSR count). The van der Waals surface area contributed by atoms with Crippen LogP contribution in [0.25, 0.3) is 21.5 Å². The molecule has 0 aromatic heterocycles. The second-order valence-corrected chi connectivity index (χ2v) is 5.78. The largest absolute Gasteiger partial charge is 0.264 e. The summed E-state index contributed by atoms with van der Waals surface area (Å²) >= 11 is 0. The van der Waals surface area contributed by atoms with Gasteiger partial charge in [0.25, 0.3) is 12.9 Å². The lowest BCUT2D eigenvalue weighted by atomic mass is 10.1. The quantitative estimate of drug-likeness (QED) is 0.325. The van der Waals surface area contributed by atoms with Gasteiger partial charge in [-0.2, -0.15) is 0 Å². The highest BCUT2D eigenvalue weighted by molar-refractivity contribution is 5.85. The van der Waals surface area contributed by atoms with Gasteiger partial charge in [0, 0.05) is 11.1 Å². The number of hydrogen-bond donors (Lipinski definition) is 0. The predicted octanol–water partition coefficient (Wildman–Crippen LogP) is 7.55. The second kappa shape index (κ2) is 8.00. The van der Waals surface area contributed by atoms with Crippen molar-refractivity contribution in [3.05, 3.63) is 96.1 Å². The maximum atomic E-state index is 12.5. The van der Waals surface area contributed by atoms with Gasteiger partial charge in [-0.15, -0.1) is 0 Å². The standard InChI is InChI=1S/2C11H8F2/c12-11(13)10-7-3-5-8-4-1-2-6-9(8)10;12-11(13)10-6-5-8-3-1-2-4-9(8)7-10/h2*1-7,11H. The van der Waals surface area contributed by atoms with Gasteiger partial charge < -0.3 is 0 Å². The van der Waals surface area contributed by atoms with E-state index in [-0.39, 0.29) is 11.1 Å². The van der Waals surface area contributed by atoms with Crippen molar-refractivity contribution >= 4 is 21.5 Å². The van der Waals surface area contributed by atoms with Crippen molar-refractivity contribution in [3.63, 3.8) is 0 Å². The molecule has 0 radical (unpaired) electrons. The summed E-state index contributed by atoms with van der Waals surface area (Å²) < 4.78 is 49.6. The summed E-state index contributed by atoms with van der Waals surface area (Å²) in [4.78, 5) is 0. The number of hydrogen-bond acceptors (Lipinski definition) is 0. The summed E-state index contributed by atoms with van der Waals surface area (Å²) in [6, 6.07) is 24.3. The highest BCUT2D eigenvalue weighted by Gasteiger charge is 2.09. The number of benzene rings is 4. The first kappa shape index (κ1) is 17.9. The van der Waals surface area contributed by atoms with Gasteiger partial charge in [-0.1, -0.05) is 78.9 Å². The van der Waals surface area contributed by atoms with Crippen LogP contribution in [0.5, 0.6) is 0 Å². The molecular weight excluding hydrogens is 340 g/mol. The second-order valence-electron chi connectivity index (χ2n) is 5.78. The van der Waals surface area contributed by atoms with Crippen LogP contribution in [-0.4, -0.2) is 0 Å². The zero-order chi connectivity index (χ0) is 18.5. The van der Waals surface area contributed by atoms with E-state index in [0.717, 1.165) is 16.2 Å². The fraction of sp³-hybridized carbons (Fsp3) is 0.0909. The molecule has 4 aromatic carbocycles. The Labute approximate surface area is 148 Å². The molecule has 4 heteroatoms. The molecule has 0 fully saturated rings. The van der Waals surface area contributed by atoms with E-state index in [1.807, 2.05) is 42.5 Å². The maximum absolute atomic E-state index is 12.5. The molecule has 0 atom stereocenters. The van der Waals surface area contributed by atoms with Crippen LogP contribution < -0.4 is 0 Å². The Bertz CT molecular complexity index is 997. The number of halogens is 4. The maximum Gasteiger partial charge on any atom is 0.264 e. The molecule has 0 saturated carbocycles. The van der Waals surface area contributed by atoms with Crippen LogP contribution in [0.1, 0.15) is 24.0 Å². The summed E-state index contributed by atoms with van der Waals surface area (Å²) in [5.74, 6) is 0. The molecule has 0 nitrogen and oxygen atoms in total. The average Bonchev–Trinajstić information content (AvgIpc) is 2.67. The van der Waals surface area contributed by atoms with Crippen molar-refractivity contribution in [3.8, 4) is 0 Å². The molecule has 0 amide bonds. The van der Waals surface area contributed by atoms with Gasteiger partial charge in [-0.3, -0.25) is 0 Å². The minimum absolute atomic E-state index is 0.0821. The zero-order valence-electron chi connectivity index (χ0n) is 13.7. The molecule has 0 heterocycles. The van der Waals surface area contributed by atoms with Crippen LogP contribution in [-0.2, 0) is 0 Å². The molecule has 0 unspecified atom stereocenters. The summed E-state index contributed by atoms with van der Waals surface area (Å²) in [6.45, 7) is 0. The first-order valence-electron chi connectivity index (χ1n) is 8.09. The van der Waals surface area contributed by atoms with Crippen molar-refractivity contribution < 1.29 is 17.6 Å². The van der Waals surface area contributed by atoms with E-state index in [9.17, 15) is 17.6 Å². The van der Waals surface area contributed by atoms with Crippen molar-refractivity contribution in [2.24, 2.45) is 0 Å². The lowest BCUT2D eigenvalue weighted by molar-refractivity contribution is 0.151. The Balaban J connectivity index is 0.000000151. The van der Waals surface area contributed by atoms with Gasteiger partial charge in [0.1, 0.15) is 0 Å². The minimum Gasteiger partial charge on any atom is -0.205 e. The van der Waals surface area contributed by atoms with Crippen LogP contribution in [0.4, 0.5) is 17.6 Å². The SMILES string of the molecule is FC(F)c1ccc2ccccc2c1.FC(F)c1cccc2ccccc12. The first-order chi connectivity index (χ1) is 12.6. The fourth-order valence-corrected chi connectivity index (χ4v) is 2.78. The number of fused-ring (bicyclic) bond motifs is 2. The van der Waals surface area contributed by atoms with E-state index in [1.165, 1.54) is 18.2 Å². The normalized spacial score (nSPS) is 11.0. The predicted molar refractivity (Wildman–Crippen MR) is 97.8 cm³/mol. The summed E-state index contributed by atoms with van der Waals surface area (Å²) in [7, 11) is 0. The van der Waals surface area contributed by atoms with Crippen molar-refractivity contribution in [2.45, 2.75) is 12.9 Å². The van der Waals surface area contributed by atoms with E-state index in [4.69, 9.17) is 0 Å². The van der Waals surface area contributed by atoms with Crippen LogP contribution in [0.2, 0.25) is 0 Å². The van der Waals surface area contributed by atoms with E-state index < -0.39 is 12.9 Å². The van der Waals surface area contributed by atoms with E-state index >= 15 is 0 Å². The van der Waals surface area contributed by atoms with Gasteiger partial charge in [0.15, 0.2) is 0 Å². The van der Waals surface area contributed by atoms with E-state index in [1.54, 1.807) is 24.3 Å². The Morgan fingerprint density at radius 2 is 1.12 bits per heavy atom. The average molecular weight is 356 g/mol. The summed E-state index contributed by atoms with van der Waals surface area (Å²) in [6.07, 6.45) is -4.78. The number of alkyl halides is 4. The molecule has 0 aliphatic heterocycles. The molecule has 0 aliphatic rings. The van der Waals surface area contributed by atoms with Gasteiger partial charge in [-0.25, -0.2) is 17.6 Å². The third-order valence-corrected chi connectivity index (χ3v) is 4.08. The zero-order valence-corrected chi connectivity index (χ0v) is 13.7. The van der Waals surface area contributed by atoms with Gasteiger partial charge in [0.2, 0.25) is 0 Å². The van der Waals surface area contributed by atoms with Crippen molar-refractivity contribution in [1.82, 2.24) is 0 Å². The minimum atomic E-state index is -2.40. The molecule has 0 spiro atoms. The Morgan fingerprint density at radius 3 is 1.81 bits per heavy atom. The van der Waals surface area contributed by atoms with Gasteiger partial charge >= 0.3 is 0 Å². The molecule has 0 aliphatic carbocycles. The molecular formula is C22H16F4. The third kappa shape index (κ3) is 4.02. The summed E-state index contributed by atoms with van der Waals surface area (Å²) in [5, 5.41) is 3.35. The monoisotopic (exact) mass is 356 g/mol. The highest BCUT2D eigenvalue weighted by Crippen LogP contribution is 2.27. The van der Waals surface area contributed by atoms with E-state index in [2.05, 4.69) is 0 Å². The molecule has 0 N–H and O–H groups in total. The Hall–Kier alpha value is -2.88. The van der Waals surface area contributed by atoms with Crippen LogP contribution >= 0.6 is 0 Å². The fourth-order valence-electron chi connectivity index (χ4n) is 2.78. The van der Waals surface area contributed by atoms with Crippen LogP contribution in [0.3, 0.4) is 0 Å². The Morgan fingerprint density at radius 1 is 0.500 bits per heavy atom. The van der Waals surface area contributed by atoms with Crippen LogP contribution in [0, 0.1) is 0 Å². The van der Waals surface area contributed by atoms with Crippen molar-refractivity contribution in [1.29, 1.82) is 0 Å². The summed E-state index contributed by atoms with van der Waals surface area (Å²) in [5.41, 5.74) is 0.191. The third-order valence-electron chi connectivity index (χ3n) is 4.08. The molecule has 26 heavy (non-hydrogen) atoms. The Kier molecular flexibility index (Phi) is 5.52. The molecule has 4 aromatic rings. The smallest absolute Gasteiger partial charge is 0.205 e.